The molecule has 0 aromatic heterocycles. The molecule has 1 aliphatic carbocycles. The highest BCUT2D eigenvalue weighted by Gasteiger charge is 2.53. The second kappa shape index (κ2) is 5.68. The van der Waals surface area contributed by atoms with Crippen LogP contribution in [0, 0.1) is 6.92 Å². The Kier molecular flexibility index (Phi) is 4.15. The standard InChI is InChI=1S/C19H30O2Si/c1-14-9-10-16-18-17(14)15(13-22(2,3)4)19(18,20)11-7-5-6-8-12-21-16/h9-10,15,20H,5-8,11-13H2,1-4H3/t15-,19+/m0/s1. The molecule has 1 aromatic carbocycles. The van der Waals surface area contributed by atoms with Crippen LogP contribution in [0.3, 0.4) is 0 Å². The quantitative estimate of drug-likeness (QED) is 0.781. The van der Waals surface area contributed by atoms with Crippen LogP contribution in [0.4, 0.5) is 0 Å². The third-order valence-electron chi connectivity index (χ3n) is 5.31. The van der Waals surface area contributed by atoms with Gasteiger partial charge < -0.3 is 9.84 Å². The summed E-state index contributed by atoms with van der Waals surface area (Å²) >= 11 is 0. The van der Waals surface area contributed by atoms with Crippen molar-refractivity contribution in [3.8, 4) is 5.75 Å². The molecular weight excluding hydrogens is 288 g/mol. The molecule has 1 aromatic rings. The van der Waals surface area contributed by atoms with Crippen LogP contribution in [0.1, 0.15) is 54.7 Å². The highest BCUT2D eigenvalue weighted by molar-refractivity contribution is 6.76. The smallest absolute Gasteiger partial charge is 0.125 e. The van der Waals surface area contributed by atoms with E-state index in [2.05, 4.69) is 38.7 Å². The van der Waals surface area contributed by atoms with Gasteiger partial charge in [0.05, 0.1) is 6.61 Å². The van der Waals surface area contributed by atoms with Crippen molar-refractivity contribution in [3.63, 3.8) is 0 Å². The highest BCUT2D eigenvalue weighted by atomic mass is 28.3. The molecule has 0 bridgehead atoms. The zero-order valence-electron chi connectivity index (χ0n) is 14.5. The van der Waals surface area contributed by atoms with Crippen LogP contribution in [0.15, 0.2) is 12.1 Å². The second-order valence-corrected chi connectivity index (χ2v) is 14.0. The molecule has 1 N–H and O–H groups in total. The summed E-state index contributed by atoms with van der Waals surface area (Å²) in [5.41, 5.74) is 3.20. The van der Waals surface area contributed by atoms with E-state index in [4.69, 9.17) is 4.74 Å². The van der Waals surface area contributed by atoms with Crippen LogP contribution in [-0.4, -0.2) is 19.8 Å². The van der Waals surface area contributed by atoms with Gasteiger partial charge in [-0.25, -0.2) is 0 Å². The highest BCUT2D eigenvalue weighted by Crippen LogP contribution is 2.60. The van der Waals surface area contributed by atoms with Gasteiger partial charge in [0.1, 0.15) is 11.4 Å². The maximum absolute atomic E-state index is 11.5. The van der Waals surface area contributed by atoms with E-state index in [0.717, 1.165) is 37.2 Å². The predicted molar refractivity (Wildman–Crippen MR) is 94.5 cm³/mol. The Labute approximate surface area is 135 Å². The van der Waals surface area contributed by atoms with Crippen molar-refractivity contribution >= 4 is 8.07 Å². The molecule has 2 atom stereocenters. The Morgan fingerprint density at radius 3 is 2.64 bits per heavy atom. The third-order valence-corrected chi connectivity index (χ3v) is 6.94. The predicted octanol–water partition coefficient (Wildman–Crippen LogP) is 4.96. The summed E-state index contributed by atoms with van der Waals surface area (Å²) in [7, 11) is -1.23. The molecule has 0 unspecified atom stereocenters. The van der Waals surface area contributed by atoms with Crippen LogP contribution in [0.2, 0.25) is 25.7 Å². The third kappa shape index (κ3) is 2.74. The van der Waals surface area contributed by atoms with Gasteiger partial charge in [-0.05, 0) is 43.0 Å². The number of benzene rings is 1. The van der Waals surface area contributed by atoms with Crippen LogP contribution < -0.4 is 4.74 Å². The fourth-order valence-corrected chi connectivity index (χ4v) is 6.04. The van der Waals surface area contributed by atoms with E-state index in [-0.39, 0.29) is 0 Å². The average Bonchev–Trinajstić information content (AvgIpc) is 2.43. The van der Waals surface area contributed by atoms with Gasteiger partial charge in [0.15, 0.2) is 0 Å². The van der Waals surface area contributed by atoms with Crippen molar-refractivity contribution in [3.05, 3.63) is 28.8 Å². The fourth-order valence-electron chi connectivity index (χ4n) is 4.27. The van der Waals surface area contributed by atoms with Crippen molar-refractivity contribution < 1.29 is 9.84 Å². The molecule has 0 amide bonds. The minimum Gasteiger partial charge on any atom is -0.493 e. The molecule has 3 heteroatoms. The lowest BCUT2D eigenvalue weighted by molar-refractivity contribution is -0.0296. The average molecular weight is 319 g/mol. The molecule has 122 valence electrons. The van der Waals surface area contributed by atoms with Crippen LogP contribution in [-0.2, 0) is 5.60 Å². The van der Waals surface area contributed by atoms with Crippen molar-refractivity contribution in [2.24, 2.45) is 0 Å². The van der Waals surface area contributed by atoms with Crippen LogP contribution in [0.25, 0.3) is 0 Å². The number of aryl methyl sites for hydroxylation is 1. The van der Waals surface area contributed by atoms with Gasteiger partial charge in [-0.15, -0.1) is 0 Å². The Hall–Kier alpha value is -0.803. The molecule has 0 fully saturated rings. The molecule has 0 spiro atoms. The zero-order chi connectivity index (χ0) is 16.0. The summed E-state index contributed by atoms with van der Waals surface area (Å²) in [5.74, 6) is 1.26. The SMILES string of the molecule is Cc1ccc2c3c1[C@H](C[Si](C)(C)C)[C@]3(O)CCCCCCO2. The lowest BCUT2D eigenvalue weighted by Gasteiger charge is -2.51. The molecule has 1 heterocycles. The van der Waals surface area contributed by atoms with Gasteiger partial charge in [0.25, 0.3) is 0 Å². The summed E-state index contributed by atoms with van der Waals surface area (Å²) in [6.45, 7) is 10.2. The maximum atomic E-state index is 11.5. The summed E-state index contributed by atoms with van der Waals surface area (Å²) in [6, 6.07) is 5.42. The van der Waals surface area contributed by atoms with Gasteiger partial charge in [0.2, 0.25) is 0 Å². The molecule has 0 saturated carbocycles. The normalized spacial score (nSPS) is 28.3. The van der Waals surface area contributed by atoms with E-state index in [1.54, 1.807) is 0 Å². The minimum atomic E-state index is -1.23. The lowest BCUT2D eigenvalue weighted by atomic mass is 9.61. The van der Waals surface area contributed by atoms with Gasteiger partial charge in [-0.2, -0.15) is 0 Å². The van der Waals surface area contributed by atoms with Crippen LogP contribution >= 0.6 is 0 Å². The summed E-state index contributed by atoms with van der Waals surface area (Å²) in [6.07, 6.45) is 5.57. The number of ether oxygens (including phenoxy) is 1. The molecular formula is C19H30O2Si. The van der Waals surface area contributed by atoms with Gasteiger partial charge in [-0.1, -0.05) is 45.0 Å². The van der Waals surface area contributed by atoms with E-state index in [1.165, 1.54) is 30.0 Å². The molecule has 0 radical (unpaired) electrons. The molecule has 3 rings (SSSR count). The number of aliphatic hydroxyl groups is 1. The first kappa shape index (κ1) is 16.1. The first-order valence-corrected chi connectivity index (χ1v) is 12.5. The molecule has 0 saturated heterocycles. The Morgan fingerprint density at radius 2 is 1.91 bits per heavy atom. The molecule has 2 nitrogen and oxygen atoms in total. The van der Waals surface area contributed by atoms with E-state index < -0.39 is 13.7 Å². The van der Waals surface area contributed by atoms with Gasteiger partial charge in [-0.3, -0.25) is 0 Å². The maximum Gasteiger partial charge on any atom is 0.125 e. The van der Waals surface area contributed by atoms with E-state index in [9.17, 15) is 5.11 Å². The lowest BCUT2D eigenvalue weighted by Crippen LogP contribution is -2.47. The number of rotatable bonds is 2. The second-order valence-electron chi connectivity index (χ2n) is 8.42. The number of hydrogen-bond donors (Lipinski definition) is 1. The Bertz CT molecular complexity index is 561. The van der Waals surface area contributed by atoms with Crippen molar-refractivity contribution in [1.29, 1.82) is 0 Å². The largest absolute Gasteiger partial charge is 0.493 e. The molecule has 22 heavy (non-hydrogen) atoms. The van der Waals surface area contributed by atoms with Gasteiger partial charge >= 0.3 is 0 Å². The fraction of sp³-hybridized carbons (Fsp3) is 0.684. The Balaban J connectivity index is 2.05. The van der Waals surface area contributed by atoms with E-state index in [1.807, 2.05) is 0 Å². The Morgan fingerprint density at radius 1 is 1.18 bits per heavy atom. The first-order chi connectivity index (χ1) is 10.3. The van der Waals surface area contributed by atoms with Crippen molar-refractivity contribution in [1.82, 2.24) is 0 Å². The summed E-state index contributed by atoms with van der Waals surface area (Å²) in [5, 5.41) is 11.5. The molecule has 2 aliphatic rings. The van der Waals surface area contributed by atoms with Crippen molar-refractivity contribution in [2.75, 3.05) is 6.61 Å². The first-order valence-electron chi connectivity index (χ1n) is 8.82. The molecule has 1 aliphatic heterocycles. The zero-order valence-corrected chi connectivity index (χ0v) is 15.5. The van der Waals surface area contributed by atoms with Gasteiger partial charge in [0, 0.05) is 19.6 Å². The summed E-state index contributed by atoms with van der Waals surface area (Å²) < 4.78 is 6.03. The van der Waals surface area contributed by atoms with E-state index >= 15 is 0 Å². The minimum absolute atomic E-state index is 0.317. The topological polar surface area (TPSA) is 29.5 Å². The van der Waals surface area contributed by atoms with Crippen molar-refractivity contribution in [2.45, 2.75) is 76.2 Å². The number of hydrogen-bond acceptors (Lipinski definition) is 2. The summed E-state index contributed by atoms with van der Waals surface area (Å²) in [4.78, 5) is 0. The monoisotopic (exact) mass is 318 g/mol. The van der Waals surface area contributed by atoms with Crippen LogP contribution in [0.5, 0.6) is 5.75 Å². The van der Waals surface area contributed by atoms with E-state index in [0.29, 0.717) is 5.92 Å².